The van der Waals surface area contributed by atoms with Crippen LogP contribution in [0.25, 0.3) is 21.9 Å². The number of amides is 1. The van der Waals surface area contributed by atoms with E-state index < -0.39 is 6.23 Å². The molecule has 1 saturated heterocycles. The average molecular weight is 285 g/mol. The molecule has 4 rings (SSSR count). The molecule has 2 atom stereocenters. The van der Waals surface area contributed by atoms with Crippen LogP contribution in [-0.4, -0.2) is 17.2 Å². The van der Waals surface area contributed by atoms with Gasteiger partial charge >= 0.3 is 0 Å². The first kappa shape index (κ1) is 12.5. The lowest BCUT2D eigenvalue weighted by Crippen LogP contribution is -2.42. The Morgan fingerprint density at radius 2 is 2.10 bits per heavy atom. The van der Waals surface area contributed by atoms with Crippen molar-refractivity contribution in [3.05, 3.63) is 35.8 Å². The number of nitrogens with one attached hydrogen (secondary N) is 1. The number of hydrogen-bond donors (Lipinski definition) is 2. The lowest BCUT2D eigenvalue weighted by atomic mass is 9.90. The van der Waals surface area contributed by atoms with E-state index in [4.69, 9.17) is 8.83 Å². The summed E-state index contributed by atoms with van der Waals surface area (Å²) in [5, 5.41) is 13.9. The number of aryl methyl sites for hydroxylation is 1. The Hall–Kier alpha value is -2.27. The van der Waals surface area contributed by atoms with Gasteiger partial charge in [-0.15, -0.1) is 0 Å². The van der Waals surface area contributed by atoms with E-state index in [0.29, 0.717) is 12.8 Å². The van der Waals surface area contributed by atoms with Crippen molar-refractivity contribution < 1.29 is 18.7 Å². The van der Waals surface area contributed by atoms with E-state index in [1.807, 2.05) is 25.1 Å². The molecular weight excluding hydrogens is 270 g/mol. The third-order valence-corrected chi connectivity index (χ3v) is 4.10. The third-order valence-electron chi connectivity index (χ3n) is 4.10. The highest BCUT2D eigenvalue weighted by Crippen LogP contribution is 2.35. The Morgan fingerprint density at radius 1 is 1.24 bits per heavy atom. The van der Waals surface area contributed by atoms with Gasteiger partial charge in [0.15, 0.2) is 0 Å². The summed E-state index contributed by atoms with van der Waals surface area (Å²) >= 11 is 0. The number of carbonyl (C=O) groups is 1. The molecule has 0 spiro atoms. The van der Waals surface area contributed by atoms with Crippen LogP contribution in [0.2, 0.25) is 0 Å². The summed E-state index contributed by atoms with van der Waals surface area (Å²) in [5.74, 6) is 0.396. The highest BCUT2D eigenvalue weighted by atomic mass is 16.3. The molecule has 2 aromatic heterocycles. The molecule has 5 heteroatoms. The van der Waals surface area contributed by atoms with E-state index >= 15 is 0 Å². The van der Waals surface area contributed by atoms with E-state index in [9.17, 15) is 9.90 Å². The first-order valence-corrected chi connectivity index (χ1v) is 7.01. The number of furan rings is 2. The monoisotopic (exact) mass is 285 g/mol. The number of piperidine rings is 1. The second-order valence-electron chi connectivity index (χ2n) is 5.59. The molecule has 0 aliphatic carbocycles. The van der Waals surface area contributed by atoms with Gasteiger partial charge in [-0.3, -0.25) is 4.79 Å². The fourth-order valence-corrected chi connectivity index (χ4v) is 3.07. The molecule has 5 nitrogen and oxygen atoms in total. The maximum absolute atomic E-state index is 12.1. The summed E-state index contributed by atoms with van der Waals surface area (Å²) in [7, 11) is 0. The van der Waals surface area contributed by atoms with Gasteiger partial charge in [-0.2, -0.15) is 0 Å². The standard InChI is InChI=1S/C16H15NO4/c1-8-4-9-5-14-11(6-13(9)21-8)12(7-20-14)10-2-3-15(18)17-16(10)19/h4-7,10,15,18H,2-3H2,1H3,(H,17,19). The van der Waals surface area contributed by atoms with Crippen LogP contribution in [0.3, 0.4) is 0 Å². The molecular formula is C16H15NO4. The van der Waals surface area contributed by atoms with E-state index in [0.717, 1.165) is 33.3 Å². The van der Waals surface area contributed by atoms with Crippen molar-refractivity contribution in [2.45, 2.75) is 31.9 Å². The van der Waals surface area contributed by atoms with Crippen LogP contribution >= 0.6 is 0 Å². The number of aliphatic hydroxyl groups excluding tert-OH is 1. The van der Waals surface area contributed by atoms with Crippen LogP contribution < -0.4 is 5.32 Å². The molecule has 1 aromatic carbocycles. The van der Waals surface area contributed by atoms with Gasteiger partial charge in [0.1, 0.15) is 23.2 Å². The Balaban J connectivity index is 1.85. The number of rotatable bonds is 1. The average Bonchev–Trinajstić information content (AvgIpc) is 2.98. The fraction of sp³-hybridized carbons (Fsp3) is 0.312. The highest BCUT2D eigenvalue weighted by molar-refractivity contribution is 5.98. The molecule has 2 N–H and O–H groups in total. The highest BCUT2D eigenvalue weighted by Gasteiger charge is 2.30. The summed E-state index contributed by atoms with van der Waals surface area (Å²) in [6, 6.07) is 5.82. The first-order chi connectivity index (χ1) is 10.1. The van der Waals surface area contributed by atoms with Crippen LogP contribution in [0.4, 0.5) is 0 Å². The van der Waals surface area contributed by atoms with Crippen molar-refractivity contribution in [2.75, 3.05) is 0 Å². The van der Waals surface area contributed by atoms with Crippen molar-refractivity contribution in [3.8, 4) is 0 Å². The number of fused-ring (bicyclic) bond motifs is 2. The molecule has 1 fully saturated rings. The van der Waals surface area contributed by atoms with Crippen molar-refractivity contribution in [1.29, 1.82) is 0 Å². The number of carbonyl (C=O) groups excluding carboxylic acids is 1. The Kier molecular flexibility index (Phi) is 2.59. The molecule has 1 aliphatic heterocycles. The van der Waals surface area contributed by atoms with E-state index in [1.54, 1.807) is 6.26 Å². The van der Waals surface area contributed by atoms with Crippen LogP contribution in [0, 0.1) is 6.92 Å². The van der Waals surface area contributed by atoms with Crippen LogP contribution in [0.1, 0.15) is 30.1 Å². The molecule has 1 aliphatic rings. The van der Waals surface area contributed by atoms with Gasteiger partial charge in [0.25, 0.3) is 0 Å². The summed E-state index contributed by atoms with van der Waals surface area (Å²) < 4.78 is 11.3. The fourth-order valence-electron chi connectivity index (χ4n) is 3.07. The van der Waals surface area contributed by atoms with E-state index in [-0.39, 0.29) is 11.8 Å². The minimum Gasteiger partial charge on any atom is -0.464 e. The number of hydrogen-bond acceptors (Lipinski definition) is 4. The Morgan fingerprint density at radius 3 is 2.90 bits per heavy atom. The zero-order valence-corrected chi connectivity index (χ0v) is 11.6. The maximum atomic E-state index is 12.1. The largest absolute Gasteiger partial charge is 0.464 e. The molecule has 0 saturated carbocycles. The topological polar surface area (TPSA) is 75.6 Å². The zero-order chi connectivity index (χ0) is 14.6. The minimum atomic E-state index is -0.744. The van der Waals surface area contributed by atoms with Gasteiger partial charge in [0.2, 0.25) is 5.91 Å². The van der Waals surface area contributed by atoms with Gasteiger partial charge in [-0.25, -0.2) is 0 Å². The van der Waals surface area contributed by atoms with Gasteiger partial charge in [0, 0.05) is 16.3 Å². The SMILES string of the molecule is Cc1cc2cc3occ(C4CCC(O)NC4=O)c3cc2o1. The molecule has 0 bridgehead atoms. The molecule has 3 heterocycles. The Labute approximate surface area is 120 Å². The quantitative estimate of drug-likeness (QED) is 0.721. The van der Waals surface area contributed by atoms with Gasteiger partial charge in [-0.1, -0.05) is 0 Å². The number of aliphatic hydroxyl groups is 1. The molecule has 2 unspecified atom stereocenters. The Bertz CT molecular complexity index is 845. The van der Waals surface area contributed by atoms with Gasteiger partial charge in [-0.05, 0) is 38.0 Å². The van der Waals surface area contributed by atoms with Gasteiger partial charge < -0.3 is 19.3 Å². The number of benzene rings is 1. The maximum Gasteiger partial charge on any atom is 0.229 e. The molecule has 0 radical (unpaired) electrons. The smallest absolute Gasteiger partial charge is 0.229 e. The predicted molar refractivity (Wildman–Crippen MR) is 76.8 cm³/mol. The zero-order valence-electron chi connectivity index (χ0n) is 11.6. The lowest BCUT2D eigenvalue weighted by Gasteiger charge is -2.25. The normalized spacial score (nSPS) is 22.9. The third kappa shape index (κ3) is 1.93. The summed E-state index contributed by atoms with van der Waals surface area (Å²) in [6.45, 7) is 1.90. The summed E-state index contributed by atoms with van der Waals surface area (Å²) in [6.07, 6.45) is 2.05. The van der Waals surface area contributed by atoms with Crippen LogP contribution in [-0.2, 0) is 4.79 Å². The molecule has 108 valence electrons. The summed E-state index contributed by atoms with van der Waals surface area (Å²) in [4.78, 5) is 12.1. The van der Waals surface area contributed by atoms with Crippen molar-refractivity contribution in [2.24, 2.45) is 0 Å². The van der Waals surface area contributed by atoms with Crippen LogP contribution in [0.5, 0.6) is 0 Å². The van der Waals surface area contributed by atoms with Crippen LogP contribution in [0.15, 0.2) is 33.3 Å². The van der Waals surface area contributed by atoms with E-state index in [1.165, 1.54) is 0 Å². The predicted octanol–water partition coefficient (Wildman–Crippen LogP) is 2.80. The summed E-state index contributed by atoms with van der Waals surface area (Å²) in [5.41, 5.74) is 2.39. The van der Waals surface area contributed by atoms with E-state index in [2.05, 4.69) is 5.32 Å². The minimum absolute atomic E-state index is 0.160. The second kappa shape index (κ2) is 4.36. The van der Waals surface area contributed by atoms with Gasteiger partial charge in [0.05, 0.1) is 12.2 Å². The second-order valence-corrected chi connectivity index (χ2v) is 5.59. The lowest BCUT2D eigenvalue weighted by molar-refractivity contribution is -0.128. The van der Waals surface area contributed by atoms with Crippen molar-refractivity contribution >= 4 is 27.8 Å². The molecule has 21 heavy (non-hydrogen) atoms. The molecule has 3 aromatic rings. The van der Waals surface area contributed by atoms with Crippen molar-refractivity contribution in [1.82, 2.24) is 5.32 Å². The molecule has 1 amide bonds. The van der Waals surface area contributed by atoms with Crippen molar-refractivity contribution in [3.63, 3.8) is 0 Å². The first-order valence-electron chi connectivity index (χ1n) is 7.01.